The summed E-state index contributed by atoms with van der Waals surface area (Å²) < 4.78 is 0. The molecular weight excluding hydrogens is 1580 g/mol. The smallest absolute Gasteiger partial charge is 0.246 e. The average Bonchev–Trinajstić information content (AvgIpc) is 1.64. The highest BCUT2D eigenvalue weighted by Crippen LogP contribution is 2.27. The van der Waals surface area contributed by atoms with E-state index in [1.165, 1.54) is 45.8 Å². The summed E-state index contributed by atoms with van der Waals surface area (Å²) in [6.07, 6.45) is 4.09. The van der Waals surface area contributed by atoms with Crippen LogP contribution >= 0.6 is 43.2 Å². The number of carbonyl (C=O) groups is 17. The van der Waals surface area contributed by atoms with E-state index in [9.17, 15) is 91.7 Å². The topological polar surface area (TPSA) is 693 Å². The zero-order valence-corrected chi connectivity index (χ0v) is 66.6. The fourth-order valence-electron chi connectivity index (χ4n) is 12.3. The minimum atomic E-state index is -1.94. The molecule has 17 amide bonds. The molecule has 48 heteroatoms. The van der Waals surface area contributed by atoms with E-state index in [-0.39, 0.29) is 101 Å². The molecule has 4 aliphatic heterocycles. The third-order valence-electron chi connectivity index (χ3n) is 18.3. The van der Waals surface area contributed by atoms with Crippen molar-refractivity contribution in [3.63, 3.8) is 0 Å². The first kappa shape index (κ1) is 92.8. The zero-order chi connectivity index (χ0) is 84.0. The van der Waals surface area contributed by atoms with E-state index in [1.807, 2.05) is 0 Å². The molecule has 6 heterocycles. The van der Waals surface area contributed by atoms with Gasteiger partial charge < -0.3 is 128 Å². The fraction of sp³-hybridized carbons (Fsp3) is 0.636. The maximum atomic E-state index is 15.0. The number of aliphatic imine (C=N–C) groups is 1. The monoisotopic (exact) mass is 1680 g/mol. The molecule has 114 heavy (non-hydrogen) atoms. The fourth-order valence-corrected chi connectivity index (χ4v) is 16.9. The van der Waals surface area contributed by atoms with Gasteiger partial charge in [0.2, 0.25) is 100 Å². The first-order chi connectivity index (χ1) is 54.1. The molecule has 2 aromatic heterocycles. The van der Waals surface area contributed by atoms with E-state index < -0.39 is 240 Å². The van der Waals surface area contributed by atoms with Crippen molar-refractivity contribution >= 4 is 150 Å². The molecule has 4 saturated heterocycles. The molecule has 2 bridgehead atoms. The first-order valence-electron chi connectivity index (χ1n) is 36.7. The summed E-state index contributed by atoms with van der Waals surface area (Å²) in [6.45, 7) is 4.50. The third-order valence-corrected chi connectivity index (χ3v) is 23.2. The number of aliphatic hydroxyl groups is 2. The number of aromatic amines is 2. The van der Waals surface area contributed by atoms with E-state index in [2.05, 4.69) is 94.0 Å². The van der Waals surface area contributed by atoms with Crippen LogP contribution < -0.4 is 97.8 Å². The number of nitrogens with one attached hydrogen (secondary N) is 15. The Morgan fingerprint density at radius 3 is 1.47 bits per heavy atom. The lowest BCUT2D eigenvalue weighted by atomic mass is 10.0. The van der Waals surface area contributed by atoms with Crippen LogP contribution in [0, 0.1) is 11.8 Å². The Morgan fingerprint density at radius 2 is 0.991 bits per heavy atom. The van der Waals surface area contributed by atoms with E-state index in [1.54, 1.807) is 13.8 Å². The van der Waals surface area contributed by atoms with Crippen molar-refractivity contribution in [2.45, 2.75) is 189 Å². The molecule has 630 valence electrons. The molecule has 15 atom stereocenters. The second-order valence-corrected chi connectivity index (χ2v) is 33.1. The summed E-state index contributed by atoms with van der Waals surface area (Å²) >= 11 is 0. The standard InChI is InChI=1S/C66H103N25O19S4/c1-30(2)15-36-54(99)86-42(51(69)96)24-111-113-27-45-60(105)84-40(22-92)56(101)83-39(17-34-21-73-29-76-34)65(110)90-13-7-10-46(90)61(106)77-32(5)52(97)87-44(26-114-112-25-43(58(103)88-45)78-49(95)19-67)59(104)85-41(23-93)57(102)89-50(31(3)4)63(108)81-37(18-48(68)94)55(100)82-38(16-33-20-72-28-75-33)64(109)91-14-8-11-47(91)62(107)79-35(53(98)80-36)9-6-12-74-66(70)71/h20-21,28-32,35-47,50,92-93H,6-19,22-27,67H2,1-5H3,(H2,68,94)(H2,69,96)(H,72,75)(H,73,76)(H,77,106)(H,78,95)(H,79,107)(H,80,98)(H,81,108)(H,82,100)(H,83,101)(H,84,105)(H,85,104)(H,86,99)(H,87,97)(H,88,103)(H,89,102)(H4,70,71,74)/t32-,35-,36-,37-,38-,39-,40-,41-,42-,43-,44-,45-,46-,47-,50-/m0/s1. The van der Waals surface area contributed by atoms with Gasteiger partial charge in [-0.2, -0.15) is 0 Å². The van der Waals surface area contributed by atoms with Gasteiger partial charge in [-0.15, -0.1) is 0 Å². The van der Waals surface area contributed by atoms with Crippen LogP contribution in [0.1, 0.15) is 97.4 Å². The van der Waals surface area contributed by atoms with Gasteiger partial charge in [0, 0.05) is 79.3 Å². The Balaban J connectivity index is 1.45. The number of amides is 17. The molecule has 44 nitrogen and oxygen atoms in total. The highest BCUT2D eigenvalue weighted by atomic mass is 33.1. The van der Waals surface area contributed by atoms with Gasteiger partial charge in [-0.05, 0) is 63.7 Å². The quantitative estimate of drug-likeness (QED) is 0.0285. The van der Waals surface area contributed by atoms with Crippen molar-refractivity contribution in [3.05, 3.63) is 36.4 Å². The zero-order valence-electron chi connectivity index (χ0n) is 63.4. The lowest BCUT2D eigenvalue weighted by Gasteiger charge is -2.31. The second kappa shape index (κ2) is 45.7. The summed E-state index contributed by atoms with van der Waals surface area (Å²) in [5, 5.41) is 54.1. The van der Waals surface area contributed by atoms with Crippen LogP contribution in [0.3, 0.4) is 0 Å². The molecule has 0 aliphatic carbocycles. The molecule has 2 aromatic rings. The summed E-state index contributed by atoms with van der Waals surface area (Å²) in [5.41, 5.74) is 29.0. The van der Waals surface area contributed by atoms with Crippen molar-refractivity contribution < 1.29 is 91.7 Å². The van der Waals surface area contributed by atoms with Crippen LogP contribution in [-0.2, 0) is 94.3 Å². The van der Waals surface area contributed by atoms with Gasteiger partial charge in [0.25, 0.3) is 0 Å². The Hall–Kier alpha value is -10.0. The van der Waals surface area contributed by atoms with Crippen molar-refractivity contribution in [2.75, 3.05) is 62.4 Å². The predicted octanol–water partition coefficient (Wildman–Crippen LogP) is -9.93. The second-order valence-electron chi connectivity index (χ2n) is 28.0. The highest BCUT2D eigenvalue weighted by Gasteiger charge is 2.44. The Bertz CT molecular complexity index is 3770. The van der Waals surface area contributed by atoms with E-state index in [0.717, 1.165) is 53.0 Å². The van der Waals surface area contributed by atoms with Gasteiger partial charge in [0.15, 0.2) is 5.96 Å². The number of carbonyl (C=O) groups excluding carboxylic acids is 17. The lowest BCUT2D eigenvalue weighted by molar-refractivity contribution is -0.143. The molecule has 0 unspecified atom stereocenters. The number of fused-ring (bicyclic) bond motifs is 10. The maximum absolute atomic E-state index is 15.0. The van der Waals surface area contributed by atoms with Crippen LogP contribution in [0.4, 0.5) is 0 Å². The maximum Gasteiger partial charge on any atom is 0.246 e. The van der Waals surface area contributed by atoms with Crippen LogP contribution in [0.5, 0.6) is 0 Å². The number of imidazole rings is 2. The van der Waals surface area contributed by atoms with Crippen molar-refractivity contribution in [2.24, 2.45) is 45.5 Å². The number of guanidine groups is 1. The Labute approximate surface area is 670 Å². The van der Waals surface area contributed by atoms with Gasteiger partial charge in [-0.1, -0.05) is 70.9 Å². The molecule has 0 spiro atoms. The van der Waals surface area contributed by atoms with Gasteiger partial charge in [0.05, 0.1) is 38.8 Å². The van der Waals surface area contributed by atoms with Crippen molar-refractivity contribution in [1.82, 2.24) is 98.9 Å². The Morgan fingerprint density at radius 1 is 0.535 bits per heavy atom. The molecule has 4 aliphatic rings. The molecule has 6 rings (SSSR count). The van der Waals surface area contributed by atoms with Gasteiger partial charge in [0.1, 0.15) is 90.6 Å². The van der Waals surface area contributed by atoms with Gasteiger partial charge in [-0.25, -0.2) is 9.97 Å². The number of primary amides is 2. The van der Waals surface area contributed by atoms with Crippen molar-refractivity contribution in [1.29, 1.82) is 0 Å². The van der Waals surface area contributed by atoms with Crippen LogP contribution in [0.25, 0.3) is 0 Å². The normalized spacial score (nSPS) is 27.6. The SMILES string of the molecule is CC(C)C[C@@H]1NC(=O)[C@H](CCCN=C(N)N)NC(=O)[C@@H]2CCCN2C(=O)[C@H](Cc2cnc[nH]2)NC(=O)[C@H](CC(N)=O)NC(=O)[C@H](C(C)C)NC(=O)[C@H](CO)NC(=O)[C@@H]2CSSC[C@H](NC(=O)CN)C(=O)N[C@@H](CSSC[C@@H](C(N)=O)NC1=O)C(=O)N[C@@H](CO)C(=O)N[C@@H](Cc1cnc[nH]1)C(=O)N1CCC[C@H]1C(=O)N[C@@H](C)C(=O)N2. The molecule has 0 radical (unpaired) electrons. The van der Waals surface area contributed by atoms with Gasteiger partial charge >= 0.3 is 0 Å². The molecule has 0 aromatic carbocycles. The van der Waals surface area contributed by atoms with E-state index >= 15 is 0 Å². The number of nitrogens with two attached hydrogens (primary N) is 5. The molecule has 27 N–H and O–H groups in total. The van der Waals surface area contributed by atoms with Crippen LogP contribution in [0.15, 0.2) is 30.0 Å². The minimum absolute atomic E-state index is 0.0196. The predicted molar refractivity (Wildman–Crippen MR) is 415 cm³/mol. The number of hydrogen-bond donors (Lipinski definition) is 22. The molecular formula is C66H103N25O19S4. The number of rotatable bonds is 18. The summed E-state index contributed by atoms with van der Waals surface area (Å²) in [4.78, 5) is 263. The highest BCUT2D eigenvalue weighted by molar-refractivity contribution is 8.77. The number of aromatic nitrogens is 4. The Kier molecular flexibility index (Phi) is 37.3. The number of aliphatic hydroxyl groups excluding tert-OH is 2. The summed E-state index contributed by atoms with van der Waals surface area (Å²) in [7, 11) is 3.26. The van der Waals surface area contributed by atoms with Crippen molar-refractivity contribution in [3.8, 4) is 0 Å². The largest absolute Gasteiger partial charge is 0.394 e. The van der Waals surface area contributed by atoms with E-state index in [0.29, 0.717) is 5.69 Å². The minimum Gasteiger partial charge on any atom is -0.394 e. The van der Waals surface area contributed by atoms with Gasteiger partial charge in [-0.3, -0.25) is 86.5 Å². The number of hydrogen-bond acceptors (Lipinski definition) is 27. The number of H-pyrrole nitrogens is 2. The number of nitrogens with zero attached hydrogens (tertiary/aromatic N) is 5. The summed E-state index contributed by atoms with van der Waals surface area (Å²) in [5.74, 6) is -20.6. The molecule has 0 saturated carbocycles. The van der Waals surface area contributed by atoms with Crippen LogP contribution in [-0.4, -0.2) is 299 Å². The third kappa shape index (κ3) is 28.5. The first-order valence-corrected chi connectivity index (χ1v) is 41.6. The lowest BCUT2D eigenvalue weighted by Crippen LogP contribution is -2.62. The van der Waals surface area contributed by atoms with Crippen LogP contribution in [0.2, 0.25) is 0 Å². The van der Waals surface area contributed by atoms with E-state index in [4.69, 9.17) is 28.7 Å². The molecule has 4 fully saturated rings. The average molecular weight is 1680 g/mol. The summed E-state index contributed by atoms with van der Waals surface area (Å²) in [6, 6.07) is -24.1.